The van der Waals surface area contributed by atoms with Gasteiger partial charge in [0.2, 0.25) is 0 Å². The highest BCUT2D eigenvalue weighted by Crippen LogP contribution is 2.23. The van der Waals surface area contributed by atoms with Crippen molar-refractivity contribution in [1.82, 2.24) is 10.6 Å². The quantitative estimate of drug-likeness (QED) is 0.817. The Kier molecular flexibility index (Phi) is 6.44. The average molecular weight is 318 g/mol. The number of amides is 2. The zero-order valence-electron chi connectivity index (χ0n) is 13.9. The lowest BCUT2D eigenvalue weighted by molar-refractivity contribution is -0.139. The maximum absolute atomic E-state index is 11.9. The predicted molar refractivity (Wildman–Crippen MR) is 89.3 cm³/mol. The minimum atomic E-state index is -0.545. The molecule has 23 heavy (non-hydrogen) atoms. The molecule has 1 aromatic carbocycles. The van der Waals surface area contributed by atoms with Crippen molar-refractivity contribution in [2.24, 2.45) is 5.92 Å². The van der Waals surface area contributed by atoms with E-state index in [2.05, 4.69) is 17.6 Å². The molecule has 0 radical (unpaired) electrons. The second kappa shape index (κ2) is 8.56. The van der Waals surface area contributed by atoms with E-state index >= 15 is 0 Å². The van der Waals surface area contributed by atoms with Crippen LogP contribution in [0.15, 0.2) is 24.3 Å². The maximum atomic E-state index is 11.9. The van der Waals surface area contributed by atoms with Gasteiger partial charge < -0.3 is 15.4 Å². The number of nitrogens with one attached hydrogen (secondary N) is 2. The van der Waals surface area contributed by atoms with Crippen LogP contribution in [0.3, 0.4) is 0 Å². The monoisotopic (exact) mass is 318 g/mol. The van der Waals surface area contributed by atoms with Crippen molar-refractivity contribution in [1.29, 1.82) is 0 Å². The maximum Gasteiger partial charge on any atom is 0.309 e. The highest BCUT2D eigenvalue weighted by Gasteiger charge is 2.25. The summed E-state index contributed by atoms with van der Waals surface area (Å²) in [5.41, 5.74) is 1.09. The van der Waals surface area contributed by atoms with Crippen molar-refractivity contribution in [3.8, 4) is 5.75 Å². The minimum absolute atomic E-state index is 0.128. The molecule has 1 fully saturated rings. The van der Waals surface area contributed by atoms with Crippen LogP contribution in [0.5, 0.6) is 5.75 Å². The Labute approximate surface area is 137 Å². The zero-order valence-corrected chi connectivity index (χ0v) is 13.9. The third kappa shape index (κ3) is 5.27. The van der Waals surface area contributed by atoms with E-state index in [4.69, 9.17) is 4.74 Å². The van der Waals surface area contributed by atoms with Crippen molar-refractivity contribution >= 4 is 11.8 Å². The van der Waals surface area contributed by atoms with Crippen LogP contribution in [0.2, 0.25) is 0 Å². The first-order valence-corrected chi connectivity index (χ1v) is 8.31. The van der Waals surface area contributed by atoms with Crippen molar-refractivity contribution in [3.63, 3.8) is 0 Å². The second-order valence-corrected chi connectivity index (χ2v) is 6.20. The minimum Gasteiger partial charge on any atom is -0.497 e. The number of benzene rings is 1. The van der Waals surface area contributed by atoms with Crippen LogP contribution in [0.25, 0.3) is 0 Å². The number of carbonyl (C=O) groups excluding carboxylic acids is 2. The largest absolute Gasteiger partial charge is 0.497 e. The van der Waals surface area contributed by atoms with Crippen LogP contribution in [0.4, 0.5) is 0 Å². The van der Waals surface area contributed by atoms with E-state index in [9.17, 15) is 9.59 Å². The van der Waals surface area contributed by atoms with Gasteiger partial charge in [-0.1, -0.05) is 31.9 Å². The molecular weight excluding hydrogens is 292 g/mol. The second-order valence-electron chi connectivity index (χ2n) is 6.20. The van der Waals surface area contributed by atoms with Crippen LogP contribution in [-0.4, -0.2) is 31.5 Å². The van der Waals surface area contributed by atoms with Crippen molar-refractivity contribution in [3.05, 3.63) is 29.8 Å². The first-order valence-electron chi connectivity index (χ1n) is 8.31. The molecule has 0 unspecified atom stereocenters. The molecule has 2 rings (SSSR count). The highest BCUT2D eigenvalue weighted by molar-refractivity contribution is 6.35. The molecule has 1 aliphatic carbocycles. The molecule has 5 heteroatoms. The molecule has 5 nitrogen and oxygen atoms in total. The number of ether oxygens (including phenoxy) is 1. The Bertz CT molecular complexity index is 528. The molecule has 0 heterocycles. The normalized spacial score (nSPS) is 20.6. The van der Waals surface area contributed by atoms with Gasteiger partial charge in [0.05, 0.1) is 7.11 Å². The molecule has 0 aliphatic heterocycles. The molecule has 1 saturated carbocycles. The summed E-state index contributed by atoms with van der Waals surface area (Å²) in [6.07, 6.45) is 5.09. The number of rotatable bonds is 5. The van der Waals surface area contributed by atoms with Crippen LogP contribution < -0.4 is 15.4 Å². The Morgan fingerprint density at radius 3 is 2.48 bits per heavy atom. The molecule has 0 spiro atoms. The molecule has 126 valence electrons. The van der Waals surface area contributed by atoms with E-state index in [1.54, 1.807) is 7.11 Å². The topological polar surface area (TPSA) is 67.4 Å². The Hall–Kier alpha value is -2.04. The van der Waals surface area contributed by atoms with Crippen LogP contribution in [0.1, 0.15) is 38.2 Å². The summed E-state index contributed by atoms with van der Waals surface area (Å²) in [5.74, 6) is 0.188. The molecule has 0 saturated heterocycles. The van der Waals surface area contributed by atoms with Gasteiger partial charge in [0.15, 0.2) is 0 Å². The Morgan fingerprint density at radius 1 is 1.13 bits per heavy atom. The SMILES string of the molecule is COc1ccc(CCNC(=O)C(=O)N[C@H]2CCCC[C@@H]2C)cc1. The van der Waals surface area contributed by atoms with Gasteiger partial charge in [-0.2, -0.15) is 0 Å². The van der Waals surface area contributed by atoms with Gasteiger partial charge in [-0.25, -0.2) is 0 Å². The van der Waals surface area contributed by atoms with Gasteiger partial charge in [0, 0.05) is 12.6 Å². The van der Waals surface area contributed by atoms with Crippen molar-refractivity contribution < 1.29 is 14.3 Å². The van der Waals surface area contributed by atoms with Crippen molar-refractivity contribution in [2.75, 3.05) is 13.7 Å². The Balaban J connectivity index is 1.71. The smallest absolute Gasteiger partial charge is 0.309 e. The average Bonchev–Trinajstić information content (AvgIpc) is 2.57. The summed E-state index contributed by atoms with van der Waals surface area (Å²) < 4.78 is 5.10. The number of hydrogen-bond acceptors (Lipinski definition) is 3. The summed E-state index contributed by atoms with van der Waals surface area (Å²) in [6.45, 7) is 2.57. The lowest BCUT2D eigenvalue weighted by Crippen LogP contribution is -2.48. The van der Waals surface area contributed by atoms with E-state index in [1.165, 1.54) is 6.42 Å². The fraction of sp³-hybridized carbons (Fsp3) is 0.556. The molecular formula is C18H26N2O3. The summed E-state index contributed by atoms with van der Waals surface area (Å²) in [5, 5.41) is 5.55. The first kappa shape index (κ1) is 17.3. The molecule has 2 amide bonds. The van der Waals surface area contributed by atoms with Gasteiger partial charge >= 0.3 is 11.8 Å². The van der Waals surface area contributed by atoms with Crippen LogP contribution in [-0.2, 0) is 16.0 Å². The third-order valence-corrected chi connectivity index (χ3v) is 4.49. The number of methoxy groups -OCH3 is 1. The van der Waals surface area contributed by atoms with Gasteiger partial charge in [0.1, 0.15) is 5.75 Å². The predicted octanol–water partition coefficient (Wildman–Crippen LogP) is 2.05. The number of carbonyl (C=O) groups is 2. The fourth-order valence-electron chi connectivity index (χ4n) is 2.96. The van der Waals surface area contributed by atoms with E-state index in [1.807, 2.05) is 24.3 Å². The van der Waals surface area contributed by atoms with Gasteiger partial charge in [-0.3, -0.25) is 9.59 Å². The standard InChI is InChI=1S/C18H26N2O3/c1-13-5-3-4-6-16(13)20-18(22)17(21)19-12-11-14-7-9-15(23-2)10-8-14/h7-10,13,16H,3-6,11-12H2,1-2H3,(H,19,21)(H,20,22)/t13-,16-/m0/s1. The van der Waals surface area contributed by atoms with E-state index in [0.29, 0.717) is 18.9 Å². The lowest BCUT2D eigenvalue weighted by atomic mass is 9.86. The van der Waals surface area contributed by atoms with Crippen LogP contribution >= 0.6 is 0 Å². The van der Waals surface area contributed by atoms with Crippen LogP contribution in [0, 0.1) is 5.92 Å². The fourth-order valence-corrected chi connectivity index (χ4v) is 2.96. The third-order valence-electron chi connectivity index (χ3n) is 4.49. The first-order chi connectivity index (χ1) is 11.1. The van der Waals surface area contributed by atoms with Gasteiger partial charge in [-0.15, -0.1) is 0 Å². The Morgan fingerprint density at radius 2 is 1.83 bits per heavy atom. The summed E-state index contributed by atoms with van der Waals surface area (Å²) in [7, 11) is 1.63. The van der Waals surface area contributed by atoms with E-state index < -0.39 is 11.8 Å². The van der Waals surface area contributed by atoms with E-state index in [0.717, 1.165) is 30.6 Å². The summed E-state index contributed by atoms with van der Waals surface area (Å²) in [4.78, 5) is 23.8. The number of hydrogen-bond donors (Lipinski definition) is 2. The molecule has 0 bridgehead atoms. The molecule has 1 aromatic rings. The molecule has 1 aliphatic rings. The van der Waals surface area contributed by atoms with Crippen molar-refractivity contribution in [2.45, 2.75) is 45.1 Å². The lowest BCUT2D eigenvalue weighted by Gasteiger charge is -2.29. The zero-order chi connectivity index (χ0) is 16.7. The highest BCUT2D eigenvalue weighted by atomic mass is 16.5. The molecule has 0 aromatic heterocycles. The van der Waals surface area contributed by atoms with Gasteiger partial charge in [-0.05, 0) is 42.9 Å². The van der Waals surface area contributed by atoms with E-state index in [-0.39, 0.29) is 6.04 Å². The summed E-state index contributed by atoms with van der Waals surface area (Å²) in [6, 6.07) is 7.80. The van der Waals surface area contributed by atoms with Gasteiger partial charge in [0.25, 0.3) is 0 Å². The molecule has 2 N–H and O–H groups in total. The molecule has 2 atom stereocenters. The summed E-state index contributed by atoms with van der Waals surface area (Å²) >= 11 is 0.